The summed E-state index contributed by atoms with van der Waals surface area (Å²) in [4.78, 5) is 0. The summed E-state index contributed by atoms with van der Waals surface area (Å²) in [6.07, 6.45) is 10.6. The fraction of sp³-hybridized carbons (Fsp3) is 0.667. The third-order valence-electron chi connectivity index (χ3n) is 3.80. The van der Waals surface area contributed by atoms with Gasteiger partial charge in [-0.2, -0.15) is 0 Å². The highest BCUT2D eigenvalue weighted by Gasteiger charge is 2.08. The Hall–Kier alpha value is -0.980. The maximum absolute atomic E-state index is 4.12. The zero-order valence-electron chi connectivity index (χ0n) is 13.5. The van der Waals surface area contributed by atoms with E-state index >= 15 is 0 Å². The smallest absolute Gasteiger partial charge is 0.0255 e. The second-order valence-corrected chi connectivity index (χ2v) is 5.45. The highest BCUT2D eigenvalue weighted by atomic mass is 14.9. The van der Waals surface area contributed by atoms with Gasteiger partial charge in [-0.3, -0.25) is 0 Å². The van der Waals surface area contributed by atoms with E-state index in [4.69, 9.17) is 0 Å². The minimum atomic E-state index is 0.600. The summed E-state index contributed by atoms with van der Waals surface area (Å²) in [5.74, 6) is 0. The van der Waals surface area contributed by atoms with Crippen LogP contribution in [-0.4, -0.2) is 6.04 Å². The molecule has 1 atom stereocenters. The molecule has 1 unspecified atom stereocenters. The summed E-state index contributed by atoms with van der Waals surface area (Å²) in [7, 11) is 0. The van der Waals surface area contributed by atoms with Crippen LogP contribution in [0.25, 0.3) is 0 Å². The molecule has 0 saturated heterocycles. The Morgan fingerprint density at radius 2 is 1.84 bits per heavy atom. The quantitative estimate of drug-likeness (QED) is 0.284. The molecular formula is C18H33N. The van der Waals surface area contributed by atoms with Crippen molar-refractivity contribution in [3.05, 3.63) is 36.1 Å². The molecule has 110 valence electrons. The van der Waals surface area contributed by atoms with Crippen molar-refractivity contribution in [2.24, 2.45) is 0 Å². The molecular weight excluding hydrogens is 230 g/mol. The van der Waals surface area contributed by atoms with Gasteiger partial charge in [0.25, 0.3) is 0 Å². The van der Waals surface area contributed by atoms with E-state index in [-0.39, 0.29) is 0 Å². The molecule has 0 spiro atoms. The van der Waals surface area contributed by atoms with E-state index in [0.29, 0.717) is 6.04 Å². The van der Waals surface area contributed by atoms with Crippen LogP contribution in [0.3, 0.4) is 0 Å². The molecule has 0 heterocycles. The van der Waals surface area contributed by atoms with Crippen LogP contribution in [0.5, 0.6) is 0 Å². The lowest BCUT2D eigenvalue weighted by Gasteiger charge is -2.21. The molecule has 0 radical (unpaired) electrons. The summed E-state index contributed by atoms with van der Waals surface area (Å²) in [5, 5.41) is 3.67. The molecule has 0 fully saturated rings. The number of rotatable bonds is 11. The molecule has 0 aliphatic carbocycles. The maximum atomic E-state index is 4.12. The van der Waals surface area contributed by atoms with Crippen LogP contribution >= 0.6 is 0 Å². The monoisotopic (exact) mass is 263 g/mol. The van der Waals surface area contributed by atoms with Crippen molar-refractivity contribution in [1.29, 1.82) is 0 Å². The molecule has 0 aromatic heterocycles. The van der Waals surface area contributed by atoms with Gasteiger partial charge in [0.15, 0.2) is 0 Å². The lowest BCUT2D eigenvalue weighted by atomic mass is 10.0. The van der Waals surface area contributed by atoms with E-state index in [1.54, 1.807) is 0 Å². The van der Waals surface area contributed by atoms with Crippen LogP contribution in [0.4, 0.5) is 0 Å². The van der Waals surface area contributed by atoms with Crippen LogP contribution in [0, 0.1) is 0 Å². The van der Waals surface area contributed by atoms with E-state index in [0.717, 1.165) is 6.42 Å². The van der Waals surface area contributed by atoms with Crippen molar-refractivity contribution >= 4 is 0 Å². The van der Waals surface area contributed by atoms with Gasteiger partial charge in [0.1, 0.15) is 0 Å². The fourth-order valence-corrected chi connectivity index (χ4v) is 2.20. The zero-order valence-corrected chi connectivity index (χ0v) is 13.5. The van der Waals surface area contributed by atoms with Crippen molar-refractivity contribution in [1.82, 2.24) is 5.32 Å². The van der Waals surface area contributed by atoms with E-state index in [1.165, 1.54) is 55.4 Å². The standard InChI is InChI=1S/C18H33N/c1-7-10-11-12-14-18(9-3)19-17(6)16(5)15(4)13-8-2/h8,18-19H,2,4,7,9-14H2,1,3,5-6H3/b17-16+. The molecule has 1 heteroatoms. The van der Waals surface area contributed by atoms with Crippen LogP contribution in [-0.2, 0) is 0 Å². The van der Waals surface area contributed by atoms with Crippen LogP contribution in [0.1, 0.15) is 72.6 Å². The predicted octanol–water partition coefficient (Wildman–Crippen LogP) is 5.75. The van der Waals surface area contributed by atoms with Crippen LogP contribution in [0.15, 0.2) is 36.1 Å². The predicted molar refractivity (Wildman–Crippen MR) is 88.3 cm³/mol. The lowest BCUT2D eigenvalue weighted by molar-refractivity contribution is 0.477. The van der Waals surface area contributed by atoms with Gasteiger partial charge in [0.2, 0.25) is 0 Å². The van der Waals surface area contributed by atoms with Gasteiger partial charge in [-0.05, 0) is 44.3 Å². The summed E-state index contributed by atoms with van der Waals surface area (Å²) in [6, 6.07) is 0.600. The van der Waals surface area contributed by atoms with Gasteiger partial charge in [-0.25, -0.2) is 0 Å². The molecule has 1 nitrogen and oxygen atoms in total. The molecule has 19 heavy (non-hydrogen) atoms. The van der Waals surface area contributed by atoms with E-state index in [2.05, 4.69) is 46.2 Å². The molecule has 0 aromatic rings. The Bertz CT molecular complexity index is 299. The topological polar surface area (TPSA) is 12.0 Å². The van der Waals surface area contributed by atoms with Crippen molar-refractivity contribution in [3.63, 3.8) is 0 Å². The first kappa shape index (κ1) is 18.0. The first-order valence-corrected chi connectivity index (χ1v) is 7.79. The highest BCUT2D eigenvalue weighted by Crippen LogP contribution is 2.16. The first-order chi connectivity index (χ1) is 9.06. The lowest BCUT2D eigenvalue weighted by Crippen LogP contribution is -2.27. The summed E-state index contributed by atoms with van der Waals surface area (Å²) < 4.78 is 0. The Morgan fingerprint density at radius 3 is 2.37 bits per heavy atom. The van der Waals surface area contributed by atoms with E-state index in [9.17, 15) is 0 Å². The summed E-state index contributed by atoms with van der Waals surface area (Å²) in [6.45, 7) is 16.7. The first-order valence-electron chi connectivity index (χ1n) is 7.79. The normalized spacial score (nSPS) is 13.7. The number of hydrogen-bond donors (Lipinski definition) is 1. The van der Waals surface area contributed by atoms with Crippen LogP contribution < -0.4 is 5.32 Å². The Labute approximate surface area is 120 Å². The zero-order chi connectivity index (χ0) is 14.7. The molecule has 0 rings (SSSR count). The molecule has 1 N–H and O–H groups in total. The number of nitrogens with one attached hydrogen (secondary N) is 1. The Kier molecular flexibility index (Phi) is 10.3. The minimum Gasteiger partial charge on any atom is -0.386 e. The molecule has 0 aliphatic rings. The second-order valence-electron chi connectivity index (χ2n) is 5.45. The van der Waals surface area contributed by atoms with E-state index < -0.39 is 0 Å². The Balaban J connectivity index is 4.31. The minimum absolute atomic E-state index is 0.600. The largest absolute Gasteiger partial charge is 0.386 e. The third kappa shape index (κ3) is 7.92. The number of allylic oxidation sites excluding steroid dienone is 4. The van der Waals surface area contributed by atoms with Gasteiger partial charge >= 0.3 is 0 Å². The SMILES string of the molecule is C=CCC(=C)/C(C)=C(\C)NC(CC)CCCCCC. The van der Waals surface area contributed by atoms with Crippen molar-refractivity contribution in [3.8, 4) is 0 Å². The van der Waals surface area contributed by atoms with E-state index in [1.807, 2.05) is 6.08 Å². The van der Waals surface area contributed by atoms with Gasteiger partial charge in [0, 0.05) is 11.7 Å². The van der Waals surface area contributed by atoms with Gasteiger partial charge in [-0.15, -0.1) is 6.58 Å². The molecule has 0 saturated carbocycles. The fourth-order valence-electron chi connectivity index (χ4n) is 2.20. The van der Waals surface area contributed by atoms with Gasteiger partial charge < -0.3 is 5.32 Å². The van der Waals surface area contributed by atoms with Crippen molar-refractivity contribution < 1.29 is 0 Å². The average molecular weight is 263 g/mol. The van der Waals surface area contributed by atoms with Crippen LogP contribution in [0.2, 0.25) is 0 Å². The summed E-state index contributed by atoms with van der Waals surface area (Å²) >= 11 is 0. The second kappa shape index (κ2) is 10.9. The molecule has 0 bridgehead atoms. The van der Waals surface area contributed by atoms with Crippen molar-refractivity contribution in [2.45, 2.75) is 78.7 Å². The number of unbranched alkanes of at least 4 members (excludes halogenated alkanes) is 3. The third-order valence-corrected chi connectivity index (χ3v) is 3.80. The molecule has 0 aromatic carbocycles. The number of hydrogen-bond acceptors (Lipinski definition) is 1. The van der Waals surface area contributed by atoms with Crippen molar-refractivity contribution in [2.75, 3.05) is 0 Å². The highest BCUT2D eigenvalue weighted by molar-refractivity contribution is 5.31. The summed E-state index contributed by atoms with van der Waals surface area (Å²) in [5.41, 5.74) is 3.72. The van der Waals surface area contributed by atoms with Gasteiger partial charge in [-0.1, -0.05) is 52.2 Å². The van der Waals surface area contributed by atoms with Gasteiger partial charge in [0.05, 0.1) is 0 Å². The molecule has 0 aliphatic heterocycles. The maximum Gasteiger partial charge on any atom is 0.0255 e. The molecule has 0 amide bonds. The Morgan fingerprint density at radius 1 is 1.16 bits per heavy atom. The average Bonchev–Trinajstić information content (AvgIpc) is 2.41.